The minimum absolute atomic E-state index is 0.676. The van der Waals surface area contributed by atoms with Gasteiger partial charge >= 0.3 is 0 Å². The normalized spacial score (nSPS) is 18.2. The van der Waals surface area contributed by atoms with Crippen LogP contribution in [-0.2, 0) is 6.42 Å². The second-order valence-corrected chi connectivity index (χ2v) is 5.29. The Labute approximate surface area is 99.3 Å². The molecule has 1 saturated carbocycles. The fourth-order valence-corrected chi connectivity index (χ4v) is 2.79. The lowest BCUT2D eigenvalue weighted by Crippen LogP contribution is -2.39. The van der Waals surface area contributed by atoms with Crippen LogP contribution in [0.25, 0.3) is 0 Å². The average Bonchev–Trinajstić information content (AvgIpc) is 2.12. The molecule has 1 heteroatoms. The van der Waals surface area contributed by atoms with Crippen LogP contribution >= 0.6 is 0 Å². The van der Waals surface area contributed by atoms with E-state index >= 15 is 0 Å². The van der Waals surface area contributed by atoms with Crippen LogP contribution < -0.4 is 5.32 Å². The van der Waals surface area contributed by atoms with Gasteiger partial charge in [-0.2, -0.15) is 0 Å². The molecule has 16 heavy (non-hydrogen) atoms. The molecule has 0 amide bonds. The first-order chi connectivity index (χ1) is 7.69. The van der Waals surface area contributed by atoms with Crippen molar-refractivity contribution in [3.8, 4) is 0 Å². The van der Waals surface area contributed by atoms with Crippen molar-refractivity contribution in [3.05, 3.63) is 34.9 Å². The van der Waals surface area contributed by atoms with Crippen molar-refractivity contribution in [3.63, 3.8) is 0 Å². The van der Waals surface area contributed by atoms with E-state index in [2.05, 4.69) is 44.4 Å². The van der Waals surface area contributed by atoms with E-state index < -0.39 is 0 Å². The number of benzene rings is 1. The molecule has 0 aliphatic heterocycles. The molecule has 1 fully saturated rings. The van der Waals surface area contributed by atoms with Gasteiger partial charge in [-0.15, -0.1) is 0 Å². The summed E-state index contributed by atoms with van der Waals surface area (Å²) in [4.78, 5) is 0. The Hall–Kier alpha value is -0.820. The standard InChI is InChI=1S/C15H23N/c1-11-7-12(2)9-13(8-11)10-15(16-3)14-5-4-6-14/h7-9,14-16H,4-6,10H2,1-3H3. The van der Waals surface area contributed by atoms with Crippen molar-refractivity contribution in [1.82, 2.24) is 5.32 Å². The topological polar surface area (TPSA) is 12.0 Å². The number of likely N-dealkylation sites (N-methyl/N-ethyl adjacent to an activating group) is 1. The van der Waals surface area contributed by atoms with Crippen molar-refractivity contribution in [1.29, 1.82) is 0 Å². The molecule has 88 valence electrons. The Balaban J connectivity index is 2.05. The number of hydrogen-bond donors (Lipinski definition) is 1. The Bertz CT molecular complexity index is 332. The molecule has 0 heterocycles. The monoisotopic (exact) mass is 217 g/mol. The van der Waals surface area contributed by atoms with Gasteiger partial charge < -0.3 is 5.32 Å². The molecule has 0 saturated heterocycles. The zero-order valence-corrected chi connectivity index (χ0v) is 10.7. The molecule has 1 N–H and O–H groups in total. The number of rotatable bonds is 4. The molecule has 1 aromatic rings. The lowest BCUT2D eigenvalue weighted by Gasteiger charge is -2.33. The number of aryl methyl sites for hydroxylation is 2. The maximum Gasteiger partial charge on any atom is 0.0133 e. The third kappa shape index (κ3) is 2.65. The quantitative estimate of drug-likeness (QED) is 0.816. The molecule has 0 spiro atoms. The summed E-state index contributed by atoms with van der Waals surface area (Å²) in [6.07, 6.45) is 5.44. The van der Waals surface area contributed by atoms with Crippen LogP contribution in [0, 0.1) is 19.8 Å². The smallest absolute Gasteiger partial charge is 0.0133 e. The number of hydrogen-bond acceptors (Lipinski definition) is 1. The third-order valence-corrected chi connectivity index (χ3v) is 3.83. The summed E-state index contributed by atoms with van der Waals surface area (Å²) in [6.45, 7) is 4.38. The number of nitrogens with one attached hydrogen (secondary N) is 1. The molecule has 1 aromatic carbocycles. The summed E-state index contributed by atoms with van der Waals surface area (Å²) in [5, 5.41) is 3.49. The SMILES string of the molecule is CNC(Cc1cc(C)cc(C)c1)C1CCC1. The van der Waals surface area contributed by atoms with Crippen LogP contribution in [0.4, 0.5) is 0 Å². The van der Waals surface area contributed by atoms with Gasteiger partial charge in [0.25, 0.3) is 0 Å². The first-order valence-electron chi connectivity index (χ1n) is 6.43. The van der Waals surface area contributed by atoms with Gasteiger partial charge in [0.05, 0.1) is 0 Å². The van der Waals surface area contributed by atoms with Gasteiger partial charge in [0.1, 0.15) is 0 Å². The van der Waals surface area contributed by atoms with E-state index in [1.165, 1.54) is 42.4 Å². The maximum atomic E-state index is 3.49. The van der Waals surface area contributed by atoms with E-state index in [0.29, 0.717) is 6.04 Å². The summed E-state index contributed by atoms with van der Waals surface area (Å²) >= 11 is 0. The van der Waals surface area contributed by atoms with Gasteiger partial charge in [0.15, 0.2) is 0 Å². The molecular formula is C15H23N. The fourth-order valence-electron chi connectivity index (χ4n) is 2.79. The summed E-state index contributed by atoms with van der Waals surface area (Å²) in [7, 11) is 2.10. The van der Waals surface area contributed by atoms with Crippen LogP contribution in [-0.4, -0.2) is 13.1 Å². The summed E-state index contributed by atoms with van der Waals surface area (Å²) in [5.74, 6) is 0.908. The van der Waals surface area contributed by atoms with Gasteiger partial charge in [0, 0.05) is 6.04 Å². The average molecular weight is 217 g/mol. The molecule has 2 rings (SSSR count). The highest BCUT2D eigenvalue weighted by Gasteiger charge is 2.25. The third-order valence-electron chi connectivity index (χ3n) is 3.83. The largest absolute Gasteiger partial charge is 0.316 e. The maximum absolute atomic E-state index is 3.49. The molecule has 1 nitrogen and oxygen atoms in total. The lowest BCUT2D eigenvalue weighted by molar-refractivity contribution is 0.236. The zero-order chi connectivity index (χ0) is 11.5. The van der Waals surface area contributed by atoms with Crippen LogP contribution in [0.5, 0.6) is 0 Å². The molecule has 0 bridgehead atoms. The van der Waals surface area contributed by atoms with Gasteiger partial charge in [0.2, 0.25) is 0 Å². The molecule has 1 aliphatic carbocycles. The molecule has 0 radical (unpaired) electrons. The second-order valence-electron chi connectivity index (χ2n) is 5.29. The van der Waals surface area contributed by atoms with Gasteiger partial charge in [-0.05, 0) is 51.6 Å². The molecular weight excluding hydrogens is 194 g/mol. The minimum Gasteiger partial charge on any atom is -0.316 e. The van der Waals surface area contributed by atoms with E-state index in [1.807, 2.05) is 0 Å². The summed E-state index contributed by atoms with van der Waals surface area (Å²) in [6, 6.07) is 7.59. The lowest BCUT2D eigenvalue weighted by atomic mass is 9.77. The second kappa shape index (κ2) is 5.01. The van der Waals surface area contributed by atoms with Gasteiger partial charge in [-0.3, -0.25) is 0 Å². The highest BCUT2D eigenvalue weighted by Crippen LogP contribution is 2.31. The van der Waals surface area contributed by atoms with Gasteiger partial charge in [-0.1, -0.05) is 35.7 Å². The predicted molar refractivity (Wildman–Crippen MR) is 69.8 cm³/mol. The van der Waals surface area contributed by atoms with Crippen LogP contribution in [0.1, 0.15) is 36.0 Å². The Morgan fingerprint density at radius 3 is 2.25 bits per heavy atom. The Morgan fingerprint density at radius 2 is 1.81 bits per heavy atom. The van der Waals surface area contributed by atoms with E-state index in [0.717, 1.165) is 5.92 Å². The van der Waals surface area contributed by atoms with Crippen molar-refractivity contribution >= 4 is 0 Å². The summed E-state index contributed by atoms with van der Waals surface area (Å²) in [5.41, 5.74) is 4.26. The van der Waals surface area contributed by atoms with Crippen molar-refractivity contribution in [2.75, 3.05) is 7.05 Å². The fraction of sp³-hybridized carbons (Fsp3) is 0.600. The van der Waals surface area contributed by atoms with Gasteiger partial charge in [-0.25, -0.2) is 0 Å². The van der Waals surface area contributed by atoms with Crippen LogP contribution in [0.3, 0.4) is 0 Å². The van der Waals surface area contributed by atoms with E-state index in [-0.39, 0.29) is 0 Å². The molecule has 0 aromatic heterocycles. The Morgan fingerprint density at radius 1 is 1.19 bits per heavy atom. The van der Waals surface area contributed by atoms with Crippen LogP contribution in [0.2, 0.25) is 0 Å². The first kappa shape index (κ1) is 11.7. The highest BCUT2D eigenvalue weighted by atomic mass is 14.9. The summed E-state index contributed by atoms with van der Waals surface area (Å²) < 4.78 is 0. The van der Waals surface area contributed by atoms with Crippen molar-refractivity contribution in [2.24, 2.45) is 5.92 Å². The van der Waals surface area contributed by atoms with Crippen molar-refractivity contribution < 1.29 is 0 Å². The van der Waals surface area contributed by atoms with Crippen molar-refractivity contribution in [2.45, 2.75) is 45.6 Å². The molecule has 1 aliphatic rings. The van der Waals surface area contributed by atoms with E-state index in [4.69, 9.17) is 0 Å². The minimum atomic E-state index is 0.676. The molecule has 1 unspecified atom stereocenters. The Kier molecular flexibility index (Phi) is 3.65. The predicted octanol–water partition coefficient (Wildman–Crippen LogP) is 3.23. The molecule has 1 atom stereocenters. The van der Waals surface area contributed by atoms with Crippen LogP contribution in [0.15, 0.2) is 18.2 Å². The van der Waals surface area contributed by atoms with E-state index in [1.54, 1.807) is 0 Å². The first-order valence-corrected chi connectivity index (χ1v) is 6.43. The highest BCUT2D eigenvalue weighted by molar-refractivity contribution is 5.29. The zero-order valence-electron chi connectivity index (χ0n) is 10.7. The van der Waals surface area contributed by atoms with E-state index in [9.17, 15) is 0 Å².